The zero-order valence-electron chi connectivity index (χ0n) is 18.8. The number of carbonyl (C=O) groups is 1. The largest absolute Gasteiger partial charge is 0.333 e. The Bertz CT molecular complexity index is 497. The van der Waals surface area contributed by atoms with Gasteiger partial charge in [0.15, 0.2) is 0 Å². The number of rotatable bonds is 3. The summed E-state index contributed by atoms with van der Waals surface area (Å²) >= 11 is 0. The van der Waals surface area contributed by atoms with Crippen molar-refractivity contribution in [1.29, 1.82) is 0 Å². The van der Waals surface area contributed by atoms with Gasteiger partial charge in [-0.2, -0.15) is 0 Å². The molecule has 0 aliphatic heterocycles. The molecular formula is C23H42N2O. The van der Waals surface area contributed by atoms with Crippen molar-refractivity contribution >= 4 is 5.78 Å². The summed E-state index contributed by atoms with van der Waals surface area (Å²) < 4.78 is 0. The predicted molar refractivity (Wildman–Crippen MR) is 120 cm³/mol. The molecule has 2 rings (SSSR count). The Morgan fingerprint density at radius 3 is 1.65 bits per heavy atom. The number of nitrogens with two attached hydrogens (primary N) is 1. The van der Waals surface area contributed by atoms with Gasteiger partial charge in [0, 0.05) is 17.7 Å². The van der Waals surface area contributed by atoms with Crippen LogP contribution < -0.4 is 5.73 Å². The van der Waals surface area contributed by atoms with Crippen LogP contribution in [0.2, 0.25) is 0 Å². The van der Waals surface area contributed by atoms with Gasteiger partial charge in [0.1, 0.15) is 5.78 Å². The van der Waals surface area contributed by atoms with E-state index in [1.54, 1.807) is 6.92 Å². The van der Waals surface area contributed by atoms with Gasteiger partial charge in [0.25, 0.3) is 0 Å². The van der Waals surface area contributed by atoms with E-state index >= 15 is 0 Å². The van der Waals surface area contributed by atoms with E-state index in [1.807, 2.05) is 104 Å². The lowest BCUT2D eigenvalue weighted by Crippen LogP contribution is -1.99. The number of hydrogen-bond donors (Lipinski definition) is 1. The Labute approximate surface area is 163 Å². The first-order valence-corrected chi connectivity index (χ1v) is 9.84. The zero-order valence-corrected chi connectivity index (χ0v) is 18.8. The van der Waals surface area contributed by atoms with Gasteiger partial charge < -0.3 is 5.73 Å². The van der Waals surface area contributed by atoms with Gasteiger partial charge in [-0.3, -0.25) is 9.78 Å². The number of benzene rings is 1. The quantitative estimate of drug-likeness (QED) is 0.672. The van der Waals surface area contributed by atoms with Crippen LogP contribution in [0.5, 0.6) is 0 Å². The van der Waals surface area contributed by atoms with E-state index in [1.165, 1.54) is 7.05 Å². The number of carbonyl (C=O) groups excluding carboxylic acids is 1. The molecule has 0 atom stereocenters. The van der Waals surface area contributed by atoms with Gasteiger partial charge in [-0.15, -0.1) is 0 Å². The third-order valence-electron chi connectivity index (χ3n) is 2.31. The fourth-order valence-electron chi connectivity index (χ4n) is 1.60. The van der Waals surface area contributed by atoms with Crippen LogP contribution in [-0.2, 0) is 11.2 Å². The second-order valence-electron chi connectivity index (χ2n) is 3.76. The molecule has 150 valence electrons. The second-order valence-corrected chi connectivity index (χ2v) is 3.76. The van der Waals surface area contributed by atoms with E-state index in [-0.39, 0.29) is 5.78 Å². The Balaban J connectivity index is -0.000000210. The number of nitrogens with zero attached hydrogens (tertiary/aromatic N) is 1. The maximum Gasteiger partial charge on any atom is 0.135 e. The third-order valence-corrected chi connectivity index (χ3v) is 2.31. The smallest absolute Gasteiger partial charge is 0.135 e. The molecule has 3 heteroatoms. The van der Waals surface area contributed by atoms with Crippen molar-refractivity contribution in [1.82, 2.24) is 4.98 Å². The Morgan fingerprint density at radius 2 is 1.23 bits per heavy atom. The molecule has 2 N–H and O–H groups in total. The Kier molecular flexibility index (Phi) is 34.0. The van der Waals surface area contributed by atoms with E-state index in [4.69, 9.17) is 0 Å². The second kappa shape index (κ2) is 27.8. The summed E-state index contributed by atoms with van der Waals surface area (Å²) in [5.74, 6) is 0.137. The SMILES string of the molecule is CC.CC.CC.CC.CC(=O)Cc1cccc(-c2ccccc2)n1.CN. The zero-order chi connectivity index (χ0) is 21.4. The van der Waals surface area contributed by atoms with Gasteiger partial charge in [-0.1, -0.05) is 91.8 Å². The molecule has 0 fully saturated rings. The van der Waals surface area contributed by atoms with Crippen LogP contribution in [0, 0.1) is 0 Å². The number of aromatic nitrogens is 1. The number of pyridine rings is 1. The molecule has 0 radical (unpaired) electrons. The molecular weight excluding hydrogens is 320 g/mol. The average molecular weight is 363 g/mol. The molecule has 0 spiro atoms. The molecule has 0 bridgehead atoms. The maximum absolute atomic E-state index is 11.0. The van der Waals surface area contributed by atoms with Crippen LogP contribution >= 0.6 is 0 Å². The molecule has 1 aromatic heterocycles. The van der Waals surface area contributed by atoms with Gasteiger partial charge in [0.2, 0.25) is 0 Å². The van der Waals surface area contributed by atoms with Crippen molar-refractivity contribution in [3.05, 3.63) is 54.2 Å². The van der Waals surface area contributed by atoms with Crippen LogP contribution in [-0.4, -0.2) is 17.8 Å². The highest BCUT2D eigenvalue weighted by Gasteiger charge is 2.02. The molecule has 1 aromatic carbocycles. The highest BCUT2D eigenvalue weighted by Crippen LogP contribution is 2.16. The summed E-state index contributed by atoms with van der Waals surface area (Å²) in [6.07, 6.45) is 0.403. The van der Waals surface area contributed by atoms with Gasteiger partial charge in [0.05, 0.1) is 5.69 Å². The normalized spacial score (nSPS) is 7.35. The standard InChI is InChI=1S/C14H13NO.4C2H6.CH5N/c1-11(16)10-13-8-5-9-14(15-13)12-6-3-2-4-7-12;5*1-2/h2-9H,10H2,1H3;4*1-2H3;2H2,1H3. The highest BCUT2D eigenvalue weighted by atomic mass is 16.1. The number of Topliss-reactive ketones (excluding diaryl/α,β-unsaturated/α-hetero) is 1. The molecule has 0 aliphatic carbocycles. The summed E-state index contributed by atoms with van der Waals surface area (Å²) in [6.45, 7) is 17.6. The van der Waals surface area contributed by atoms with Crippen LogP contribution in [0.3, 0.4) is 0 Å². The Morgan fingerprint density at radius 1 is 0.769 bits per heavy atom. The van der Waals surface area contributed by atoms with E-state index in [0.29, 0.717) is 6.42 Å². The molecule has 1 heterocycles. The van der Waals surface area contributed by atoms with Crippen LogP contribution in [0.4, 0.5) is 0 Å². The molecule has 0 saturated heterocycles. The van der Waals surface area contributed by atoms with E-state index in [9.17, 15) is 4.79 Å². The van der Waals surface area contributed by atoms with Crippen molar-refractivity contribution in [2.45, 2.75) is 68.7 Å². The topological polar surface area (TPSA) is 56.0 Å². The summed E-state index contributed by atoms with van der Waals surface area (Å²) in [7, 11) is 1.50. The number of hydrogen-bond acceptors (Lipinski definition) is 3. The molecule has 0 saturated carbocycles. The maximum atomic E-state index is 11.0. The summed E-state index contributed by atoms with van der Waals surface area (Å²) in [5.41, 5.74) is 7.32. The van der Waals surface area contributed by atoms with Gasteiger partial charge >= 0.3 is 0 Å². The Hall–Kier alpha value is -2.00. The fourth-order valence-corrected chi connectivity index (χ4v) is 1.60. The molecule has 3 nitrogen and oxygen atoms in total. The minimum Gasteiger partial charge on any atom is -0.333 e. The van der Waals surface area contributed by atoms with Gasteiger partial charge in [-0.05, 0) is 26.1 Å². The van der Waals surface area contributed by atoms with Gasteiger partial charge in [-0.25, -0.2) is 0 Å². The van der Waals surface area contributed by atoms with E-state index in [0.717, 1.165) is 17.0 Å². The minimum absolute atomic E-state index is 0.137. The highest BCUT2D eigenvalue weighted by molar-refractivity contribution is 5.77. The number of ketones is 1. The lowest BCUT2D eigenvalue weighted by Gasteiger charge is -2.03. The van der Waals surface area contributed by atoms with Crippen molar-refractivity contribution in [3.63, 3.8) is 0 Å². The molecule has 26 heavy (non-hydrogen) atoms. The van der Waals surface area contributed by atoms with Crippen molar-refractivity contribution in [2.24, 2.45) is 5.73 Å². The van der Waals surface area contributed by atoms with Crippen LogP contribution in [0.25, 0.3) is 11.3 Å². The monoisotopic (exact) mass is 362 g/mol. The molecule has 2 aromatic rings. The van der Waals surface area contributed by atoms with Crippen molar-refractivity contribution in [3.8, 4) is 11.3 Å². The summed E-state index contributed by atoms with van der Waals surface area (Å²) in [4.78, 5) is 15.5. The summed E-state index contributed by atoms with van der Waals surface area (Å²) in [5, 5.41) is 0. The molecule has 0 amide bonds. The average Bonchev–Trinajstić information content (AvgIpc) is 2.76. The lowest BCUT2D eigenvalue weighted by molar-refractivity contribution is -0.116. The lowest BCUT2D eigenvalue weighted by atomic mass is 10.1. The third kappa shape index (κ3) is 16.8. The first-order valence-electron chi connectivity index (χ1n) is 9.84. The van der Waals surface area contributed by atoms with E-state index in [2.05, 4.69) is 10.7 Å². The first-order chi connectivity index (χ1) is 12.8. The fraction of sp³-hybridized carbons (Fsp3) is 0.478. The minimum atomic E-state index is 0.137. The van der Waals surface area contributed by atoms with Crippen LogP contribution in [0.1, 0.15) is 68.0 Å². The van der Waals surface area contributed by atoms with E-state index < -0.39 is 0 Å². The predicted octanol–water partition coefficient (Wildman–Crippen LogP) is 6.56. The van der Waals surface area contributed by atoms with Crippen molar-refractivity contribution in [2.75, 3.05) is 7.05 Å². The first kappa shape index (κ1) is 31.7. The van der Waals surface area contributed by atoms with Crippen molar-refractivity contribution < 1.29 is 4.79 Å². The molecule has 0 aliphatic rings. The summed E-state index contributed by atoms with van der Waals surface area (Å²) in [6, 6.07) is 15.7. The van der Waals surface area contributed by atoms with Crippen LogP contribution in [0.15, 0.2) is 48.5 Å². The molecule has 0 unspecified atom stereocenters.